The fraction of sp³-hybridized carbons (Fsp3) is 0.692. The molecule has 0 aliphatic rings. The molecule has 0 aliphatic heterocycles. The van der Waals surface area contributed by atoms with Crippen molar-refractivity contribution in [3.63, 3.8) is 0 Å². The second-order valence-electron chi connectivity index (χ2n) is 5.45. The van der Waals surface area contributed by atoms with Crippen LogP contribution in [0.3, 0.4) is 0 Å². The normalized spacial score (nSPS) is 13.1. The second kappa shape index (κ2) is 5.53. The predicted molar refractivity (Wildman–Crippen MR) is 76.8 cm³/mol. The molecule has 0 radical (unpaired) electrons. The number of rotatable bonds is 5. The Balaban J connectivity index is 3.02. The highest BCUT2D eigenvalue weighted by atomic mass is 31.1. The summed E-state index contributed by atoms with van der Waals surface area (Å²) in [4.78, 5) is 0. The van der Waals surface area contributed by atoms with Gasteiger partial charge in [0.1, 0.15) is 0 Å². The zero-order valence-corrected chi connectivity index (χ0v) is 13.3. The van der Waals surface area contributed by atoms with Crippen molar-refractivity contribution >= 4 is 16.1 Å². The van der Waals surface area contributed by atoms with Gasteiger partial charge in [0.05, 0.1) is 0 Å². The summed E-state index contributed by atoms with van der Waals surface area (Å²) < 4.78 is 6.61. The van der Waals surface area contributed by atoms with Crippen molar-refractivity contribution < 1.29 is 4.21 Å². The molecule has 1 aromatic heterocycles. The van der Waals surface area contributed by atoms with E-state index in [-0.39, 0.29) is 0 Å². The molecule has 0 unspecified atom stereocenters. The van der Waals surface area contributed by atoms with Crippen molar-refractivity contribution in [2.75, 3.05) is 0 Å². The minimum atomic E-state index is -1.67. The molecule has 0 aromatic carbocycles. The van der Waals surface area contributed by atoms with Crippen LogP contribution < -0.4 is 4.21 Å². The van der Waals surface area contributed by atoms with E-state index in [1.165, 1.54) is 0 Å². The molecule has 3 heteroatoms. The summed E-state index contributed by atoms with van der Waals surface area (Å²) in [7, 11) is -2.10. The molecule has 1 rings (SSSR count). The van der Waals surface area contributed by atoms with E-state index in [4.69, 9.17) is 4.21 Å². The van der Waals surface area contributed by atoms with Gasteiger partial charge in [-0.2, -0.15) is 0 Å². The summed E-state index contributed by atoms with van der Waals surface area (Å²) in [5, 5.41) is 0. The van der Waals surface area contributed by atoms with E-state index in [9.17, 15) is 0 Å². The Morgan fingerprint density at radius 2 is 1.19 bits per heavy atom. The van der Waals surface area contributed by atoms with Crippen molar-refractivity contribution in [1.29, 1.82) is 0 Å². The van der Waals surface area contributed by atoms with Crippen LogP contribution in [0.2, 0.25) is 16.6 Å². The van der Waals surface area contributed by atoms with E-state index < -0.39 is 16.1 Å². The minimum absolute atomic E-state index is 0.430. The van der Waals surface area contributed by atoms with Crippen LogP contribution in [0.15, 0.2) is 23.7 Å². The van der Waals surface area contributed by atoms with E-state index in [2.05, 4.69) is 65.3 Å². The Kier molecular flexibility index (Phi) is 4.84. The van der Waals surface area contributed by atoms with E-state index in [0.29, 0.717) is 16.6 Å². The maximum absolute atomic E-state index is 6.61. The summed E-state index contributed by atoms with van der Waals surface area (Å²) >= 11 is 0. The van der Waals surface area contributed by atoms with Gasteiger partial charge < -0.3 is 4.21 Å². The molecule has 0 saturated carbocycles. The molecule has 92 valence electrons. The first-order valence-corrected chi connectivity index (χ1v) is 9.77. The van der Waals surface area contributed by atoms with Crippen LogP contribution in [0.5, 0.6) is 0 Å². The molecule has 0 saturated heterocycles. The van der Waals surface area contributed by atoms with Gasteiger partial charge >= 0.3 is 0 Å². The number of hydrogen-bond acceptors (Lipinski definition) is 1. The second-order valence-corrected chi connectivity index (χ2v) is 12.7. The lowest BCUT2D eigenvalue weighted by molar-refractivity contribution is 0.586. The van der Waals surface area contributed by atoms with Gasteiger partial charge in [0.2, 0.25) is 8.32 Å². The Hall–Kier alpha value is -0.0431. The molecule has 16 heavy (non-hydrogen) atoms. The first-order valence-electron chi connectivity index (χ1n) is 6.23. The summed E-state index contributed by atoms with van der Waals surface area (Å²) in [6.07, 6.45) is 0. The first-order chi connectivity index (χ1) is 7.41. The van der Waals surface area contributed by atoms with E-state index in [1.807, 2.05) is 0 Å². The lowest BCUT2D eigenvalue weighted by atomic mass is 10.5. The predicted octanol–water partition coefficient (Wildman–Crippen LogP) is 5.28. The van der Waals surface area contributed by atoms with Gasteiger partial charge in [-0.05, 0) is 36.0 Å². The van der Waals surface area contributed by atoms with Crippen LogP contribution in [0.1, 0.15) is 41.5 Å². The lowest BCUT2D eigenvalue weighted by Gasteiger charge is -2.41. The van der Waals surface area contributed by atoms with Crippen LogP contribution in [-0.4, -0.2) is 8.32 Å². The zero-order valence-electron chi connectivity index (χ0n) is 11.4. The molecular formula is C13H25OPSi. The summed E-state index contributed by atoms with van der Waals surface area (Å²) in [6.45, 7) is 14.0. The summed E-state index contributed by atoms with van der Waals surface area (Å²) in [5.41, 5.74) is 2.03. The summed E-state index contributed by atoms with van der Waals surface area (Å²) in [6, 6.07) is 4.23. The highest BCUT2D eigenvalue weighted by Gasteiger charge is 2.45. The average molecular weight is 256 g/mol. The molecular weight excluding hydrogens is 231 g/mol. The standard InChI is InChI=1S/C13H25OPSi/c1-11(2)16(12(3)4,13(5)6)14-15-9-7-8-10-15/h7-13H,1-6H3. The Labute approximate surface area is 102 Å². The molecule has 0 aliphatic carbocycles. The topological polar surface area (TPSA) is 9.23 Å². The number of hydrogen-bond donors (Lipinski definition) is 0. The van der Waals surface area contributed by atoms with Crippen molar-refractivity contribution in [3.8, 4) is 0 Å². The molecule has 0 atom stereocenters. The van der Waals surface area contributed by atoms with Gasteiger partial charge in [0.25, 0.3) is 0 Å². The van der Waals surface area contributed by atoms with Gasteiger partial charge in [-0.25, -0.2) is 0 Å². The smallest absolute Gasteiger partial charge is 0.213 e. The molecule has 1 aromatic rings. The zero-order chi connectivity index (χ0) is 12.3. The maximum Gasteiger partial charge on any atom is 0.213 e. The van der Waals surface area contributed by atoms with Crippen LogP contribution in [0.25, 0.3) is 0 Å². The molecule has 1 nitrogen and oxygen atoms in total. The average Bonchev–Trinajstić information content (AvgIpc) is 2.64. The Morgan fingerprint density at radius 1 is 0.812 bits per heavy atom. The van der Waals surface area contributed by atoms with Gasteiger partial charge in [0.15, 0.2) is 0 Å². The Bertz CT molecular complexity index is 282. The molecule has 0 fully saturated rings. The van der Waals surface area contributed by atoms with E-state index >= 15 is 0 Å². The lowest BCUT2D eigenvalue weighted by Crippen LogP contribution is -2.50. The Morgan fingerprint density at radius 3 is 1.50 bits per heavy atom. The highest BCUT2D eigenvalue weighted by Crippen LogP contribution is 2.45. The third-order valence-corrected chi connectivity index (χ3v) is 12.0. The van der Waals surface area contributed by atoms with Crippen molar-refractivity contribution in [1.82, 2.24) is 0 Å². The highest BCUT2D eigenvalue weighted by molar-refractivity contribution is 7.45. The quantitative estimate of drug-likeness (QED) is 0.651. The first kappa shape index (κ1) is 14.0. The largest absolute Gasteiger partial charge is 0.371 e. The molecule has 0 bridgehead atoms. The van der Waals surface area contributed by atoms with Gasteiger partial charge in [-0.1, -0.05) is 53.7 Å². The fourth-order valence-electron chi connectivity index (χ4n) is 2.88. The van der Waals surface area contributed by atoms with Crippen LogP contribution in [0, 0.1) is 0 Å². The van der Waals surface area contributed by atoms with Gasteiger partial charge in [-0.3, -0.25) is 0 Å². The van der Waals surface area contributed by atoms with Crippen molar-refractivity contribution in [3.05, 3.63) is 23.7 Å². The molecule has 0 spiro atoms. The third-order valence-electron chi connectivity index (χ3n) is 3.55. The third kappa shape index (κ3) is 2.61. The van der Waals surface area contributed by atoms with Crippen LogP contribution in [-0.2, 0) is 0 Å². The monoisotopic (exact) mass is 256 g/mol. The van der Waals surface area contributed by atoms with Crippen LogP contribution >= 0.6 is 7.76 Å². The molecule has 0 amide bonds. The van der Waals surface area contributed by atoms with Gasteiger partial charge in [-0.15, -0.1) is 0 Å². The van der Waals surface area contributed by atoms with E-state index in [0.717, 1.165) is 0 Å². The SMILES string of the molecule is CC(C)[Si](Op1cccc1)(C(C)C)C(C)C. The fourth-order valence-corrected chi connectivity index (χ4v) is 12.0. The van der Waals surface area contributed by atoms with Gasteiger partial charge in [0, 0.05) is 0 Å². The molecule has 1 heterocycles. The van der Waals surface area contributed by atoms with Crippen LogP contribution in [0.4, 0.5) is 0 Å². The summed E-state index contributed by atoms with van der Waals surface area (Å²) in [5.74, 6) is 4.45. The van der Waals surface area contributed by atoms with Crippen molar-refractivity contribution in [2.24, 2.45) is 0 Å². The minimum Gasteiger partial charge on any atom is -0.371 e. The molecule has 0 N–H and O–H groups in total. The van der Waals surface area contributed by atoms with E-state index in [1.54, 1.807) is 0 Å². The maximum atomic E-state index is 6.61. The van der Waals surface area contributed by atoms with Crippen molar-refractivity contribution in [2.45, 2.75) is 58.2 Å².